The predicted octanol–water partition coefficient (Wildman–Crippen LogP) is 4.24. The van der Waals surface area contributed by atoms with E-state index >= 15 is 0 Å². The van der Waals surface area contributed by atoms with Crippen LogP contribution in [0.15, 0.2) is 42.5 Å². The van der Waals surface area contributed by atoms with Gasteiger partial charge in [-0.3, -0.25) is 0 Å². The van der Waals surface area contributed by atoms with Gasteiger partial charge in [-0.15, -0.1) is 0 Å². The van der Waals surface area contributed by atoms with Gasteiger partial charge in [-0.1, -0.05) is 30.3 Å². The first-order valence-corrected chi connectivity index (χ1v) is 11.6. The molecule has 0 amide bonds. The lowest BCUT2D eigenvalue weighted by Crippen LogP contribution is -2.49. The molecule has 1 unspecified atom stereocenters. The molecule has 1 fully saturated rings. The quantitative estimate of drug-likeness (QED) is 0.367. The third-order valence-electron chi connectivity index (χ3n) is 4.95. The highest BCUT2D eigenvalue weighted by atomic mass is 32.2. The maximum absolute atomic E-state index is 10.7. The van der Waals surface area contributed by atoms with Gasteiger partial charge >= 0.3 is 5.51 Å². The van der Waals surface area contributed by atoms with Crippen molar-refractivity contribution in [3.63, 3.8) is 0 Å². The second kappa shape index (κ2) is 11.2. The van der Waals surface area contributed by atoms with Gasteiger partial charge in [0.15, 0.2) is 21.5 Å². The summed E-state index contributed by atoms with van der Waals surface area (Å²) >= 11 is 0. The van der Waals surface area contributed by atoms with Crippen LogP contribution in [-0.4, -0.2) is 31.2 Å². The largest absolute Gasteiger partial charge is 0.741 e. The van der Waals surface area contributed by atoms with Crippen LogP contribution in [0.2, 0.25) is 0 Å². The Labute approximate surface area is 186 Å². The molecule has 10 heteroatoms. The van der Waals surface area contributed by atoms with E-state index in [1.54, 1.807) is 0 Å². The molecule has 1 aromatic heterocycles. The number of nitrogens with zero attached hydrogens (tertiary/aromatic N) is 1. The van der Waals surface area contributed by atoms with Crippen LogP contribution in [0, 0.1) is 20.8 Å². The molecule has 6 nitrogen and oxygen atoms in total. The molecule has 1 saturated heterocycles. The summed E-state index contributed by atoms with van der Waals surface area (Å²) in [5.74, 6) is 0. The molecule has 1 aliphatic rings. The third-order valence-corrected chi connectivity index (χ3v) is 5.51. The number of halogens is 3. The molecule has 0 aliphatic carbocycles. The van der Waals surface area contributed by atoms with Crippen LogP contribution in [0.4, 0.5) is 13.2 Å². The fraction of sp³-hybridized carbons (Fsp3) is 0.500. The molecule has 0 spiro atoms. The van der Waals surface area contributed by atoms with Crippen LogP contribution in [0.1, 0.15) is 48.0 Å². The van der Waals surface area contributed by atoms with Crippen molar-refractivity contribution >= 4 is 10.1 Å². The number of pyridine rings is 1. The molecule has 1 aromatic carbocycles. The van der Waals surface area contributed by atoms with E-state index < -0.39 is 15.6 Å². The van der Waals surface area contributed by atoms with Crippen LogP contribution in [0.25, 0.3) is 0 Å². The number of hydrogen-bond donors (Lipinski definition) is 0. The van der Waals surface area contributed by atoms with Crippen molar-refractivity contribution in [1.82, 2.24) is 0 Å². The maximum Gasteiger partial charge on any atom is 0.485 e. The molecule has 2 heterocycles. The summed E-state index contributed by atoms with van der Waals surface area (Å²) in [6.45, 7) is 7.79. The second-order valence-corrected chi connectivity index (χ2v) is 9.10. The van der Waals surface area contributed by atoms with Crippen LogP contribution >= 0.6 is 0 Å². The van der Waals surface area contributed by atoms with E-state index in [1.807, 2.05) is 18.2 Å². The first kappa shape index (κ1) is 26.2. The lowest BCUT2D eigenvalue weighted by atomic mass is 10.1. The molecule has 32 heavy (non-hydrogen) atoms. The van der Waals surface area contributed by atoms with Gasteiger partial charge in [-0.05, 0) is 30.9 Å². The van der Waals surface area contributed by atoms with Crippen LogP contribution < -0.4 is 4.57 Å². The summed E-state index contributed by atoms with van der Waals surface area (Å²) in [6.07, 6.45) is 3.65. The van der Waals surface area contributed by atoms with Crippen LogP contribution in [0.3, 0.4) is 0 Å². The van der Waals surface area contributed by atoms with Gasteiger partial charge in [0.1, 0.15) is 0 Å². The van der Waals surface area contributed by atoms with Crippen molar-refractivity contribution in [1.29, 1.82) is 0 Å². The molecule has 3 rings (SSSR count). The van der Waals surface area contributed by atoms with E-state index in [0.29, 0.717) is 13.2 Å². The first-order valence-electron chi connectivity index (χ1n) is 10.2. The molecule has 1 aliphatic heterocycles. The molecular formula is C22H28F3NO5S. The van der Waals surface area contributed by atoms with E-state index in [2.05, 4.69) is 49.6 Å². The normalized spacial score (nSPS) is 19.2. The summed E-state index contributed by atoms with van der Waals surface area (Å²) in [5, 5.41) is 0. The number of ether oxygens (including phenoxy) is 2. The standard InChI is InChI=1S/C21H28NO2.CHF3O3S/c1-16-12-17(2)22(18(3)13-16)21-11-7-10-20(24-21)15-23-14-19-8-5-4-6-9-19;2-1(3,4)8(5,6)7/h4-6,8-9,12-13,20-21H,7,10-11,14-15H2,1-3H3;(H,5,6,7)/q+1;/p-1/t20-,21?;/m0./s1. The number of rotatable bonds is 5. The fourth-order valence-corrected chi connectivity index (χ4v) is 3.65. The Morgan fingerprint density at radius 3 is 2.19 bits per heavy atom. The van der Waals surface area contributed by atoms with Gasteiger partial charge in [0.2, 0.25) is 0 Å². The van der Waals surface area contributed by atoms with Crippen molar-refractivity contribution < 1.29 is 40.2 Å². The molecular weight excluding hydrogens is 447 g/mol. The monoisotopic (exact) mass is 475 g/mol. The summed E-state index contributed by atoms with van der Waals surface area (Å²) < 4.78 is 73.5. The van der Waals surface area contributed by atoms with Gasteiger partial charge in [0, 0.05) is 32.4 Å². The van der Waals surface area contributed by atoms with E-state index in [0.717, 1.165) is 12.8 Å². The van der Waals surface area contributed by atoms with E-state index in [-0.39, 0.29) is 12.3 Å². The number of alkyl halides is 3. The van der Waals surface area contributed by atoms with Crippen molar-refractivity contribution in [3.8, 4) is 0 Å². The van der Waals surface area contributed by atoms with Crippen molar-refractivity contribution in [2.75, 3.05) is 6.61 Å². The summed E-state index contributed by atoms with van der Waals surface area (Å²) in [7, 11) is -6.09. The molecule has 2 aromatic rings. The van der Waals surface area contributed by atoms with Crippen molar-refractivity contribution in [2.24, 2.45) is 0 Å². The van der Waals surface area contributed by atoms with Crippen molar-refractivity contribution in [2.45, 2.75) is 64.5 Å². The molecule has 0 saturated carbocycles. The second-order valence-electron chi connectivity index (χ2n) is 7.73. The first-order chi connectivity index (χ1) is 14.9. The Balaban J connectivity index is 0.000000390. The van der Waals surface area contributed by atoms with E-state index in [4.69, 9.17) is 22.4 Å². The molecule has 2 atom stereocenters. The van der Waals surface area contributed by atoms with Crippen molar-refractivity contribution in [3.05, 3.63) is 65.0 Å². The molecule has 0 radical (unpaired) electrons. The Kier molecular flexibility index (Phi) is 9.20. The fourth-order valence-electron chi connectivity index (χ4n) is 3.65. The minimum Gasteiger partial charge on any atom is -0.741 e. The zero-order valence-electron chi connectivity index (χ0n) is 18.3. The zero-order chi connectivity index (χ0) is 23.9. The number of aromatic nitrogens is 1. The minimum atomic E-state index is -6.09. The SMILES string of the molecule is Cc1cc(C)[n+](C2CCC[C@@H](COCc3ccccc3)O2)c(C)c1.O=S(=O)([O-])C(F)(F)F. The molecule has 0 bridgehead atoms. The Bertz CT molecular complexity index is 958. The highest BCUT2D eigenvalue weighted by molar-refractivity contribution is 7.86. The number of aryl methyl sites for hydroxylation is 3. The lowest BCUT2D eigenvalue weighted by molar-refractivity contribution is -0.777. The smallest absolute Gasteiger partial charge is 0.485 e. The predicted molar refractivity (Wildman–Crippen MR) is 110 cm³/mol. The summed E-state index contributed by atoms with van der Waals surface area (Å²) in [6, 6.07) is 14.8. The summed E-state index contributed by atoms with van der Waals surface area (Å²) in [5.41, 5.74) is -0.594. The third kappa shape index (κ3) is 7.84. The number of benzene rings is 1. The van der Waals surface area contributed by atoms with E-state index in [9.17, 15) is 13.2 Å². The van der Waals surface area contributed by atoms with Crippen LogP contribution in [-0.2, 0) is 26.2 Å². The molecule has 0 N–H and O–H groups in total. The maximum atomic E-state index is 10.7. The van der Waals surface area contributed by atoms with Gasteiger partial charge < -0.3 is 14.0 Å². The van der Waals surface area contributed by atoms with Gasteiger partial charge in [-0.2, -0.15) is 17.7 Å². The van der Waals surface area contributed by atoms with Gasteiger partial charge in [0.05, 0.1) is 19.3 Å². The van der Waals surface area contributed by atoms with Crippen LogP contribution in [0.5, 0.6) is 0 Å². The zero-order valence-corrected chi connectivity index (χ0v) is 19.1. The number of hydrogen-bond acceptors (Lipinski definition) is 5. The van der Waals surface area contributed by atoms with Gasteiger partial charge in [-0.25, -0.2) is 8.42 Å². The average Bonchev–Trinajstić information content (AvgIpc) is 2.67. The van der Waals surface area contributed by atoms with Gasteiger partial charge in [0.25, 0.3) is 6.23 Å². The Hall–Kier alpha value is -2.01. The Morgan fingerprint density at radius 1 is 1.09 bits per heavy atom. The summed E-state index contributed by atoms with van der Waals surface area (Å²) in [4.78, 5) is 0. The Morgan fingerprint density at radius 2 is 1.66 bits per heavy atom. The molecule has 178 valence electrons. The average molecular weight is 476 g/mol. The highest BCUT2D eigenvalue weighted by Crippen LogP contribution is 2.25. The van der Waals surface area contributed by atoms with E-state index in [1.165, 1.54) is 28.9 Å². The topological polar surface area (TPSA) is 79.5 Å². The minimum absolute atomic E-state index is 0.129. The lowest BCUT2D eigenvalue weighted by Gasteiger charge is -2.27. The highest BCUT2D eigenvalue weighted by Gasteiger charge is 2.37.